The van der Waals surface area contributed by atoms with E-state index in [4.69, 9.17) is 33.9 Å². The maximum Gasteiger partial charge on any atom is 0.246 e. The molecule has 19 nitrogen and oxygen atoms in total. The number of carbonyl (C=O) groups is 2. The van der Waals surface area contributed by atoms with E-state index in [0.29, 0.717) is 0 Å². The van der Waals surface area contributed by atoms with Crippen molar-refractivity contribution in [3.8, 4) is 0 Å². The van der Waals surface area contributed by atoms with Crippen molar-refractivity contribution < 1.29 is 84.3 Å². The zero-order chi connectivity index (χ0) is 32.6. The fourth-order valence-corrected chi connectivity index (χ4v) is 3.01. The van der Waals surface area contributed by atoms with Gasteiger partial charge in [0.05, 0.1) is 78.3 Å². The predicted octanol–water partition coefficient (Wildman–Crippen LogP) is -7.83. The van der Waals surface area contributed by atoms with E-state index in [0.717, 1.165) is 0 Å². The third kappa shape index (κ3) is 20.1. The second-order valence-electron chi connectivity index (χ2n) is 9.15. The van der Waals surface area contributed by atoms with E-state index in [2.05, 4.69) is 10.6 Å². The summed E-state index contributed by atoms with van der Waals surface area (Å²) in [7, 11) is 0. The van der Waals surface area contributed by atoms with E-state index in [1.165, 1.54) is 0 Å². The fraction of sp³-hybridized carbons (Fsp3) is 0.917. The summed E-state index contributed by atoms with van der Waals surface area (Å²) in [4.78, 5) is 23.4. The Balaban J connectivity index is 3.58. The Bertz CT molecular complexity index is 653. The fourth-order valence-electron chi connectivity index (χ4n) is 3.01. The van der Waals surface area contributed by atoms with Crippen LogP contribution in [-0.4, -0.2) is 204 Å². The lowest BCUT2D eigenvalue weighted by atomic mass is 10.0. The number of carbonyl (C=O) groups excluding carboxylic acids is 2. The van der Waals surface area contributed by atoms with Crippen LogP contribution in [0.3, 0.4) is 0 Å². The molecule has 0 aromatic carbocycles. The Kier molecular flexibility index (Phi) is 24.7. The highest BCUT2D eigenvalue weighted by Crippen LogP contribution is 2.05. The van der Waals surface area contributed by atoms with Crippen molar-refractivity contribution in [3.63, 3.8) is 0 Å². The van der Waals surface area contributed by atoms with Crippen LogP contribution < -0.4 is 10.6 Å². The summed E-state index contributed by atoms with van der Waals surface area (Å²) in [5.74, 6) is -1.18. The largest absolute Gasteiger partial charge is 0.394 e. The van der Waals surface area contributed by atoms with Crippen LogP contribution in [-0.2, 0) is 33.3 Å². The standard InChI is InChI=1S/C24H48N2O17/c27-11-17(31)23(37)21(35)15(29)9-25-19(33)13-42-7-5-40-3-1-39-2-4-41-6-8-43-14-20(34)26-10-16(30)22(36)24(38)18(32)12-28/h15-18,21-24,27-32,35-38H,1-14H2,(H,25,33)(H,26,34). The van der Waals surface area contributed by atoms with Gasteiger partial charge in [0.2, 0.25) is 11.8 Å². The number of aliphatic hydroxyl groups excluding tert-OH is 10. The highest BCUT2D eigenvalue weighted by Gasteiger charge is 2.31. The molecule has 0 rings (SSSR count). The molecule has 0 aliphatic rings. The molecule has 8 atom stereocenters. The molecule has 0 aliphatic carbocycles. The van der Waals surface area contributed by atoms with Gasteiger partial charge in [-0.2, -0.15) is 0 Å². The van der Waals surface area contributed by atoms with Gasteiger partial charge in [-0.1, -0.05) is 0 Å². The normalized spacial score (nSPS) is 17.3. The van der Waals surface area contributed by atoms with Gasteiger partial charge in [0.1, 0.15) is 49.8 Å². The van der Waals surface area contributed by atoms with Crippen molar-refractivity contribution in [1.29, 1.82) is 0 Å². The molecule has 19 heteroatoms. The van der Waals surface area contributed by atoms with Crippen molar-refractivity contribution in [3.05, 3.63) is 0 Å². The third-order valence-corrected chi connectivity index (χ3v) is 5.62. The Labute approximate surface area is 248 Å². The van der Waals surface area contributed by atoms with Crippen LogP contribution in [0.25, 0.3) is 0 Å². The number of rotatable bonds is 28. The second kappa shape index (κ2) is 25.6. The number of hydrogen-bond donors (Lipinski definition) is 12. The molecule has 0 radical (unpaired) electrons. The minimum Gasteiger partial charge on any atom is -0.394 e. The highest BCUT2D eigenvalue weighted by molar-refractivity contribution is 5.77. The number of ether oxygens (including phenoxy) is 5. The summed E-state index contributed by atoms with van der Waals surface area (Å²) < 4.78 is 26.1. The van der Waals surface area contributed by atoms with Crippen LogP contribution in [0.4, 0.5) is 0 Å². The topological polar surface area (TPSA) is 307 Å². The molecule has 2 amide bonds. The monoisotopic (exact) mass is 636 g/mol. The summed E-state index contributed by atoms with van der Waals surface area (Å²) in [6, 6.07) is 0. The van der Waals surface area contributed by atoms with Crippen molar-refractivity contribution in [2.45, 2.75) is 48.8 Å². The molecule has 256 valence electrons. The van der Waals surface area contributed by atoms with Gasteiger partial charge in [0.25, 0.3) is 0 Å². The zero-order valence-corrected chi connectivity index (χ0v) is 23.8. The quantitative estimate of drug-likeness (QED) is 0.0355. The molecule has 0 aliphatic heterocycles. The lowest BCUT2D eigenvalue weighted by Crippen LogP contribution is -2.50. The van der Waals surface area contributed by atoms with Crippen molar-refractivity contribution >= 4 is 11.8 Å². The maximum absolute atomic E-state index is 11.7. The van der Waals surface area contributed by atoms with Crippen LogP contribution in [0.1, 0.15) is 0 Å². The molecule has 43 heavy (non-hydrogen) atoms. The summed E-state index contributed by atoms with van der Waals surface area (Å²) >= 11 is 0. The van der Waals surface area contributed by atoms with E-state index >= 15 is 0 Å². The molecule has 0 heterocycles. The lowest BCUT2D eigenvalue weighted by molar-refractivity contribution is -0.130. The first-order chi connectivity index (χ1) is 20.5. The molecule has 12 N–H and O–H groups in total. The lowest BCUT2D eigenvalue weighted by Gasteiger charge is -2.25. The highest BCUT2D eigenvalue weighted by atomic mass is 16.6. The van der Waals surface area contributed by atoms with E-state index < -0.39 is 86.9 Å². The van der Waals surface area contributed by atoms with Gasteiger partial charge < -0.3 is 85.4 Å². The van der Waals surface area contributed by atoms with E-state index in [1.807, 2.05) is 0 Å². The first-order valence-electron chi connectivity index (χ1n) is 13.5. The first kappa shape index (κ1) is 41.3. The van der Waals surface area contributed by atoms with Crippen LogP contribution in [0.15, 0.2) is 0 Å². The number of aliphatic hydroxyl groups is 10. The molecule has 0 spiro atoms. The number of amides is 2. The Hall–Kier alpha value is -1.66. The molecule has 0 bridgehead atoms. The average molecular weight is 637 g/mol. The Morgan fingerprint density at radius 2 is 0.698 bits per heavy atom. The molecule has 0 aromatic rings. The average Bonchev–Trinajstić information content (AvgIpc) is 3.01. The van der Waals surface area contributed by atoms with Crippen LogP contribution in [0.2, 0.25) is 0 Å². The molecule has 0 saturated carbocycles. The summed E-state index contributed by atoms with van der Waals surface area (Å²) in [5.41, 5.74) is 0. The molecular formula is C24H48N2O17. The van der Waals surface area contributed by atoms with Crippen molar-refractivity contribution in [2.75, 3.05) is 92.4 Å². The molecule has 0 saturated heterocycles. The summed E-state index contributed by atoms with van der Waals surface area (Å²) in [5, 5.41) is 98.3. The van der Waals surface area contributed by atoms with Gasteiger partial charge in [-0.25, -0.2) is 0 Å². The van der Waals surface area contributed by atoms with Crippen LogP contribution >= 0.6 is 0 Å². The van der Waals surface area contributed by atoms with Gasteiger partial charge in [-0.3, -0.25) is 9.59 Å². The molecule has 0 fully saturated rings. The van der Waals surface area contributed by atoms with E-state index in [1.54, 1.807) is 0 Å². The van der Waals surface area contributed by atoms with Gasteiger partial charge in [-0.05, 0) is 0 Å². The van der Waals surface area contributed by atoms with Crippen molar-refractivity contribution in [2.24, 2.45) is 0 Å². The van der Waals surface area contributed by atoms with Gasteiger partial charge in [-0.15, -0.1) is 0 Å². The smallest absolute Gasteiger partial charge is 0.246 e. The number of nitrogens with one attached hydrogen (secondary N) is 2. The Morgan fingerprint density at radius 3 is 0.977 bits per heavy atom. The Morgan fingerprint density at radius 1 is 0.442 bits per heavy atom. The van der Waals surface area contributed by atoms with E-state index in [9.17, 15) is 50.4 Å². The zero-order valence-electron chi connectivity index (χ0n) is 23.8. The number of hydrogen-bond acceptors (Lipinski definition) is 17. The third-order valence-electron chi connectivity index (χ3n) is 5.62. The second-order valence-corrected chi connectivity index (χ2v) is 9.15. The summed E-state index contributed by atoms with van der Waals surface area (Å²) in [6.07, 6.45) is -13.6. The first-order valence-corrected chi connectivity index (χ1v) is 13.5. The van der Waals surface area contributed by atoms with Crippen molar-refractivity contribution in [1.82, 2.24) is 10.6 Å². The van der Waals surface area contributed by atoms with Crippen LogP contribution in [0, 0.1) is 0 Å². The molecule has 0 aromatic heterocycles. The SMILES string of the molecule is O=C(COCCOCCOCCOCCOCC(=O)NCC(O)C(O)C(O)C(O)CO)NCC(O)C(O)C(O)C(O)CO. The maximum atomic E-state index is 11.7. The van der Waals surface area contributed by atoms with Crippen LogP contribution in [0.5, 0.6) is 0 Å². The molecule has 8 unspecified atom stereocenters. The minimum absolute atomic E-state index is 0.0988. The van der Waals surface area contributed by atoms with Gasteiger partial charge in [0.15, 0.2) is 0 Å². The van der Waals surface area contributed by atoms with Gasteiger partial charge in [0, 0.05) is 13.1 Å². The minimum atomic E-state index is -1.79. The molecular weight excluding hydrogens is 588 g/mol. The van der Waals surface area contributed by atoms with Gasteiger partial charge >= 0.3 is 0 Å². The summed E-state index contributed by atoms with van der Waals surface area (Å²) in [6.45, 7) is -1.51. The van der Waals surface area contributed by atoms with E-state index in [-0.39, 0.29) is 66.1 Å². The predicted molar refractivity (Wildman–Crippen MR) is 142 cm³/mol.